The van der Waals surface area contributed by atoms with Crippen molar-refractivity contribution in [2.24, 2.45) is 0 Å². The predicted octanol–water partition coefficient (Wildman–Crippen LogP) is 1.51. The first-order valence-electron chi connectivity index (χ1n) is 12.6. The number of fused-ring (bicyclic) bond motifs is 1. The summed E-state index contributed by atoms with van der Waals surface area (Å²) in [5, 5.41) is 6.57. The second-order valence-corrected chi connectivity index (χ2v) is 8.87. The lowest BCUT2D eigenvalue weighted by Gasteiger charge is -2.26. The van der Waals surface area contributed by atoms with E-state index in [1.807, 2.05) is 6.07 Å². The van der Waals surface area contributed by atoms with Gasteiger partial charge in [-0.3, -0.25) is 14.6 Å². The minimum Gasteiger partial charge on any atom is -0.494 e. The lowest BCUT2D eigenvalue weighted by Crippen LogP contribution is -2.40. The number of carbonyl (C=O) groups excluding carboxylic acids is 3. The summed E-state index contributed by atoms with van der Waals surface area (Å²) >= 11 is 0. The number of halogens is 1. The number of nitrogens with one attached hydrogen (secondary N) is 2. The average molecular weight is 523 g/mol. The molecule has 3 aromatic rings. The first-order valence-corrected chi connectivity index (χ1v) is 12.6. The zero-order valence-electron chi connectivity index (χ0n) is 21.1. The molecule has 1 aromatic carbocycles. The van der Waals surface area contributed by atoms with Gasteiger partial charge < -0.3 is 30.0 Å². The molecule has 2 amide bonds. The smallest absolute Gasteiger partial charge is 0.255 e. The Balaban J connectivity index is 1.30. The molecule has 0 radical (unpaired) electrons. The summed E-state index contributed by atoms with van der Waals surface area (Å²) in [5.41, 5.74) is 1.47. The van der Waals surface area contributed by atoms with Gasteiger partial charge in [-0.25, -0.2) is 4.98 Å². The molecule has 1 aliphatic rings. The number of ether oxygens (including phenoxy) is 1. The molecular weight excluding hydrogens is 491 g/mol. The molecule has 10 nitrogen and oxygen atoms in total. The van der Waals surface area contributed by atoms with Crippen LogP contribution >= 0.6 is 0 Å². The number of aldehydes is 1. The second-order valence-electron chi connectivity index (χ2n) is 8.87. The number of rotatable bonds is 9. The molecule has 38 heavy (non-hydrogen) atoms. The topological polar surface area (TPSA) is 117 Å². The Morgan fingerprint density at radius 3 is 2.76 bits per heavy atom. The molecule has 2 N–H and O–H groups in total. The van der Waals surface area contributed by atoms with E-state index in [2.05, 4.69) is 25.5 Å². The van der Waals surface area contributed by atoms with Crippen LogP contribution in [0.2, 0.25) is 0 Å². The summed E-state index contributed by atoms with van der Waals surface area (Å²) in [4.78, 5) is 47.8. The molecule has 11 heteroatoms. The standard InChI is InChI=1S/C27H31FN6O4/c28-25-5-2-20(19-32-25)27(37)34-13-9-29-8-12-33(14-15-34)11-1-17-38-21-3-4-24-23(18-21)22(6-7-30-24)26(36)31-10-16-35/h2-7,16,18-19,29H,1,8-15,17H2,(H,31,36). The molecule has 1 fully saturated rings. The average Bonchev–Trinajstić information content (AvgIpc) is 3.06. The van der Waals surface area contributed by atoms with Crippen LogP contribution in [0, 0.1) is 5.95 Å². The van der Waals surface area contributed by atoms with Gasteiger partial charge in [0.2, 0.25) is 5.95 Å². The van der Waals surface area contributed by atoms with Gasteiger partial charge in [0, 0.05) is 63.6 Å². The molecular formula is C27H31FN6O4. The Morgan fingerprint density at radius 2 is 1.95 bits per heavy atom. The molecule has 4 rings (SSSR count). The summed E-state index contributed by atoms with van der Waals surface area (Å²) in [7, 11) is 0. The zero-order valence-corrected chi connectivity index (χ0v) is 21.1. The number of pyridine rings is 2. The van der Waals surface area contributed by atoms with Gasteiger partial charge in [0.15, 0.2) is 0 Å². The Hall–Kier alpha value is -3.96. The number of amides is 2. The number of benzene rings is 1. The van der Waals surface area contributed by atoms with E-state index in [0.717, 1.165) is 26.1 Å². The van der Waals surface area contributed by atoms with Crippen LogP contribution in [0.3, 0.4) is 0 Å². The molecule has 0 saturated carbocycles. The summed E-state index contributed by atoms with van der Waals surface area (Å²) in [6.45, 7) is 5.40. The van der Waals surface area contributed by atoms with E-state index in [9.17, 15) is 18.8 Å². The third kappa shape index (κ3) is 7.30. The molecule has 0 spiro atoms. The van der Waals surface area contributed by atoms with Crippen molar-refractivity contribution in [3.63, 3.8) is 0 Å². The minimum atomic E-state index is -0.609. The molecule has 0 atom stereocenters. The van der Waals surface area contributed by atoms with Crippen molar-refractivity contribution < 1.29 is 23.5 Å². The maximum absolute atomic E-state index is 13.1. The van der Waals surface area contributed by atoms with Gasteiger partial charge >= 0.3 is 0 Å². The number of hydrogen-bond acceptors (Lipinski definition) is 8. The molecule has 0 bridgehead atoms. The van der Waals surface area contributed by atoms with Crippen LogP contribution < -0.4 is 15.4 Å². The van der Waals surface area contributed by atoms with E-state index in [1.165, 1.54) is 18.3 Å². The van der Waals surface area contributed by atoms with Gasteiger partial charge in [0.05, 0.1) is 29.8 Å². The van der Waals surface area contributed by atoms with E-state index in [4.69, 9.17) is 4.74 Å². The number of hydrogen-bond donors (Lipinski definition) is 2. The van der Waals surface area contributed by atoms with Gasteiger partial charge in [0.1, 0.15) is 12.0 Å². The van der Waals surface area contributed by atoms with Crippen LogP contribution in [-0.4, -0.2) is 96.8 Å². The largest absolute Gasteiger partial charge is 0.494 e. The Kier molecular flexibility index (Phi) is 9.65. The normalized spacial score (nSPS) is 14.8. The minimum absolute atomic E-state index is 0.0553. The maximum atomic E-state index is 13.1. The van der Waals surface area contributed by atoms with E-state index < -0.39 is 5.95 Å². The van der Waals surface area contributed by atoms with Crippen LogP contribution in [0.15, 0.2) is 48.8 Å². The van der Waals surface area contributed by atoms with Crippen LogP contribution in [0.1, 0.15) is 27.1 Å². The van der Waals surface area contributed by atoms with Crippen LogP contribution in [-0.2, 0) is 4.79 Å². The van der Waals surface area contributed by atoms with E-state index in [0.29, 0.717) is 66.9 Å². The van der Waals surface area contributed by atoms with Crippen LogP contribution in [0.5, 0.6) is 5.75 Å². The molecule has 200 valence electrons. The summed E-state index contributed by atoms with van der Waals surface area (Å²) < 4.78 is 19.1. The predicted molar refractivity (Wildman–Crippen MR) is 140 cm³/mol. The number of nitrogens with zero attached hydrogens (tertiary/aromatic N) is 4. The van der Waals surface area contributed by atoms with Gasteiger partial charge in [0.25, 0.3) is 11.8 Å². The van der Waals surface area contributed by atoms with Crippen LogP contribution in [0.4, 0.5) is 4.39 Å². The first kappa shape index (κ1) is 27.1. The Bertz CT molecular complexity index is 1260. The lowest BCUT2D eigenvalue weighted by molar-refractivity contribution is -0.107. The number of aromatic nitrogens is 2. The summed E-state index contributed by atoms with van der Waals surface area (Å²) in [6, 6.07) is 9.69. The van der Waals surface area contributed by atoms with Gasteiger partial charge in [-0.15, -0.1) is 0 Å². The van der Waals surface area contributed by atoms with Crippen molar-refractivity contribution in [1.29, 1.82) is 0 Å². The highest BCUT2D eigenvalue weighted by Gasteiger charge is 2.19. The molecule has 0 unspecified atom stereocenters. The Labute approximate surface area is 220 Å². The summed E-state index contributed by atoms with van der Waals surface area (Å²) in [5.74, 6) is -0.478. The quantitative estimate of drug-likeness (QED) is 0.247. The zero-order chi connectivity index (χ0) is 26.7. The van der Waals surface area contributed by atoms with Crippen molar-refractivity contribution in [2.45, 2.75) is 6.42 Å². The molecule has 1 aliphatic heterocycles. The molecule has 0 aliphatic carbocycles. The maximum Gasteiger partial charge on any atom is 0.255 e. The van der Waals surface area contributed by atoms with E-state index in [-0.39, 0.29) is 18.4 Å². The van der Waals surface area contributed by atoms with Gasteiger partial charge in [-0.1, -0.05) is 0 Å². The van der Waals surface area contributed by atoms with E-state index in [1.54, 1.807) is 29.3 Å². The highest BCUT2D eigenvalue weighted by molar-refractivity contribution is 6.06. The van der Waals surface area contributed by atoms with Crippen molar-refractivity contribution >= 4 is 29.0 Å². The fourth-order valence-corrected chi connectivity index (χ4v) is 4.29. The highest BCUT2D eigenvalue weighted by atomic mass is 19.1. The fourth-order valence-electron chi connectivity index (χ4n) is 4.29. The van der Waals surface area contributed by atoms with Crippen molar-refractivity contribution in [2.75, 3.05) is 59.0 Å². The van der Waals surface area contributed by atoms with Crippen molar-refractivity contribution in [1.82, 2.24) is 30.4 Å². The molecule has 3 heterocycles. The number of carbonyl (C=O) groups is 3. The fraction of sp³-hybridized carbons (Fsp3) is 0.370. The van der Waals surface area contributed by atoms with Gasteiger partial charge in [-0.05, 0) is 42.8 Å². The van der Waals surface area contributed by atoms with E-state index >= 15 is 0 Å². The van der Waals surface area contributed by atoms with Crippen molar-refractivity contribution in [3.8, 4) is 5.75 Å². The highest BCUT2D eigenvalue weighted by Crippen LogP contribution is 2.23. The summed E-state index contributed by atoms with van der Waals surface area (Å²) in [6.07, 6.45) is 4.24. The SMILES string of the molecule is O=CCNC(=O)c1ccnc2ccc(OCCCN3CCNCCN(C(=O)c4ccc(F)nc4)CC3)cc12. The third-order valence-electron chi connectivity index (χ3n) is 6.30. The third-order valence-corrected chi connectivity index (χ3v) is 6.30. The van der Waals surface area contributed by atoms with Gasteiger partial charge in [-0.2, -0.15) is 4.39 Å². The van der Waals surface area contributed by atoms with Crippen molar-refractivity contribution in [3.05, 3.63) is 65.9 Å². The lowest BCUT2D eigenvalue weighted by atomic mass is 10.1. The Morgan fingerprint density at radius 1 is 1.08 bits per heavy atom. The van der Waals surface area contributed by atoms with Crippen LogP contribution in [0.25, 0.3) is 10.9 Å². The molecule has 2 aromatic heterocycles. The molecule has 1 saturated heterocycles. The monoisotopic (exact) mass is 522 g/mol. The first-order chi connectivity index (χ1) is 18.5. The second kappa shape index (κ2) is 13.5.